The maximum atomic E-state index is 16.4. The van der Waals surface area contributed by atoms with Gasteiger partial charge in [-0.2, -0.15) is 0 Å². The Hall–Kier alpha value is -2.69. The number of hydrogen-bond donors (Lipinski definition) is 2. The van der Waals surface area contributed by atoms with E-state index in [0.717, 1.165) is 18.9 Å². The first-order chi connectivity index (χ1) is 20.5. The van der Waals surface area contributed by atoms with E-state index in [1.54, 1.807) is 63.2 Å². The van der Waals surface area contributed by atoms with Crippen molar-refractivity contribution in [1.29, 1.82) is 0 Å². The predicted molar refractivity (Wildman–Crippen MR) is 170 cm³/mol. The summed E-state index contributed by atoms with van der Waals surface area (Å²) in [7, 11) is 0. The van der Waals surface area contributed by atoms with Crippen LogP contribution in [0.1, 0.15) is 79.6 Å². The second kappa shape index (κ2) is 11.9. The molecule has 0 aliphatic carbocycles. The zero-order chi connectivity index (χ0) is 32.2. The lowest BCUT2D eigenvalue weighted by Crippen LogP contribution is -2.55. The van der Waals surface area contributed by atoms with Crippen LogP contribution in [-0.2, 0) is 22.6 Å². The molecule has 3 aromatic carbocycles. The van der Waals surface area contributed by atoms with Gasteiger partial charge in [-0.25, -0.2) is 9.18 Å². The maximum absolute atomic E-state index is 16.4. The molecule has 2 amide bonds. The number of rotatable bonds is 5. The molecule has 3 atom stereocenters. The van der Waals surface area contributed by atoms with Crippen molar-refractivity contribution >= 4 is 51.1 Å². The molecule has 2 aliphatic rings. The van der Waals surface area contributed by atoms with Crippen molar-refractivity contribution in [3.63, 3.8) is 0 Å². The Balaban J connectivity index is 1.61. The van der Waals surface area contributed by atoms with Crippen molar-refractivity contribution in [3.8, 4) is 0 Å². The Kier molecular flexibility index (Phi) is 8.85. The molecule has 0 radical (unpaired) electrons. The minimum Gasteiger partial charge on any atom is -0.444 e. The molecule has 7 nitrogen and oxygen atoms in total. The Morgan fingerprint density at radius 3 is 2.36 bits per heavy atom. The van der Waals surface area contributed by atoms with Gasteiger partial charge in [0.15, 0.2) is 5.72 Å². The van der Waals surface area contributed by atoms with Gasteiger partial charge < -0.3 is 19.8 Å². The summed E-state index contributed by atoms with van der Waals surface area (Å²) in [6.07, 6.45) is 1.35. The Bertz CT molecular complexity index is 1610. The Morgan fingerprint density at radius 1 is 1.07 bits per heavy atom. The topological polar surface area (TPSA) is 90.3 Å². The number of carbonyl (C=O) groups is 2. The van der Waals surface area contributed by atoms with E-state index in [2.05, 4.69) is 15.9 Å². The lowest BCUT2D eigenvalue weighted by molar-refractivity contribution is -0.0629. The first-order valence-corrected chi connectivity index (χ1v) is 15.9. The molecule has 234 valence electrons. The molecule has 2 heterocycles. The van der Waals surface area contributed by atoms with Crippen LogP contribution in [0.2, 0.25) is 10.0 Å². The van der Waals surface area contributed by atoms with Crippen molar-refractivity contribution in [3.05, 3.63) is 103 Å². The van der Waals surface area contributed by atoms with Crippen LogP contribution in [0.5, 0.6) is 0 Å². The number of benzene rings is 3. The van der Waals surface area contributed by atoms with E-state index in [-0.39, 0.29) is 28.8 Å². The number of halogens is 4. The summed E-state index contributed by atoms with van der Waals surface area (Å²) in [6.45, 7) is 7.07. The van der Waals surface area contributed by atoms with Gasteiger partial charge in [-0.15, -0.1) is 0 Å². The normalized spacial score (nSPS) is 21.7. The standard InChI is InChI=1S/C33H34BrCl2FN2O5/c1-31(2,3)44-30(41)38-14-6-5-7-27(38)32(4,42)21-15-24-28(26(37)16-21)33(43,20-9-12-22(35)13-10-20)39(29(24)40)18-19-8-11-23(36)17-25(19)34/h8-13,15-17,27,42-43H,5-7,14,18H2,1-4H3. The van der Waals surface area contributed by atoms with E-state index >= 15 is 4.39 Å². The highest BCUT2D eigenvalue weighted by molar-refractivity contribution is 9.10. The van der Waals surface area contributed by atoms with Crippen molar-refractivity contribution in [2.24, 2.45) is 0 Å². The van der Waals surface area contributed by atoms with E-state index in [1.807, 2.05) is 0 Å². The van der Waals surface area contributed by atoms with Crippen molar-refractivity contribution < 1.29 is 28.9 Å². The van der Waals surface area contributed by atoms with E-state index < -0.39 is 40.8 Å². The molecule has 1 fully saturated rings. The number of fused-ring (bicyclic) bond motifs is 1. The molecule has 3 unspecified atom stereocenters. The molecule has 5 rings (SSSR count). The number of ether oxygens (including phenoxy) is 1. The number of nitrogens with zero attached hydrogens (tertiary/aromatic N) is 2. The van der Waals surface area contributed by atoms with Crippen molar-refractivity contribution in [2.45, 2.75) is 76.5 Å². The second-order valence-corrected chi connectivity index (χ2v) is 14.2. The van der Waals surface area contributed by atoms with Crippen LogP contribution >= 0.6 is 39.1 Å². The highest BCUT2D eigenvalue weighted by atomic mass is 79.9. The van der Waals surface area contributed by atoms with Gasteiger partial charge in [0.1, 0.15) is 17.0 Å². The van der Waals surface area contributed by atoms with Crippen molar-refractivity contribution in [1.82, 2.24) is 9.80 Å². The van der Waals surface area contributed by atoms with Crippen LogP contribution in [0.25, 0.3) is 0 Å². The highest BCUT2D eigenvalue weighted by Gasteiger charge is 2.53. The molecule has 0 aromatic heterocycles. The summed E-state index contributed by atoms with van der Waals surface area (Å²) < 4.78 is 22.6. The fraction of sp³-hybridized carbons (Fsp3) is 0.394. The summed E-state index contributed by atoms with van der Waals surface area (Å²) >= 11 is 15.7. The van der Waals surface area contributed by atoms with Gasteiger partial charge in [-0.3, -0.25) is 9.69 Å². The fourth-order valence-electron chi connectivity index (χ4n) is 6.09. The van der Waals surface area contributed by atoms with E-state index in [1.165, 1.54) is 22.8 Å². The summed E-state index contributed by atoms with van der Waals surface area (Å²) in [5.41, 5.74) is -4.05. The SMILES string of the molecule is CC(C)(C)OC(=O)N1CCCCC1C(C)(O)c1cc(F)c2c(c1)C(=O)N(Cc1ccc(Cl)cc1Br)C2(O)c1ccc(Cl)cc1. The van der Waals surface area contributed by atoms with Crippen molar-refractivity contribution in [2.75, 3.05) is 6.54 Å². The van der Waals surface area contributed by atoms with Gasteiger partial charge in [0.25, 0.3) is 5.91 Å². The first-order valence-electron chi connectivity index (χ1n) is 14.3. The summed E-state index contributed by atoms with van der Waals surface area (Å²) in [4.78, 5) is 29.9. The van der Waals surface area contributed by atoms with Gasteiger partial charge in [0, 0.05) is 26.6 Å². The third kappa shape index (κ3) is 5.97. The average Bonchev–Trinajstić information content (AvgIpc) is 3.16. The molecule has 0 spiro atoms. The van der Waals surface area contributed by atoms with E-state index in [4.69, 9.17) is 27.9 Å². The second-order valence-electron chi connectivity index (χ2n) is 12.5. The predicted octanol–water partition coefficient (Wildman–Crippen LogP) is 7.74. The smallest absolute Gasteiger partial charge is 0.410 e. The molecule has 1 saturated heterocycles. The van der Waals surface area contributed by atoms with Crippen LogP contribution in [0.3, 0.4) is 0 Å². The minimum absolute atomic E-state index is 0.0927. The Labute approximate surface area is 274 Å². The van der Waals surface area contributed by atoms with Crippen LogP contribution < -0.4 is 0 Å². The Morgan fingerprint density at radius 2 is 1.73 bits per heavy atom. The van der Waals surface area contributed by atoms with Crippen LogP contribution in [0, 0.1) is 5.82 Å². The van der Waals surface area contributed by atoms with Gasteiger partial charge in [-0.1, -0.05) is 57.3 Å². The molecule has 2 N–H and O–H groups in total. The molecule has 0 saturated carbocycles. The van der Waals surface area contributed by atoms with Gasteiger partial charge in [0.2, 0.25) is 0 Å². The zero-order valence-electron chi connectivity index (χ0n) is 24.8. The average molecular weight is 708 g/mol. The number of hydrogen-bond acceptors (Lipinski definition) is 5. The molecule has 0 bridgehead atoms. The zero-order valence-corrected chi connectivity index (χ0v) is 27.9. The number of piperidine rings is 1. The first kappa shape index (κ1) is 32.7. The largest absolute Gasteiger partial charge is 0.444 e. The van der Waals surface area contributed by atoms with E-state index in [9.17, 15) is 19.8 Å². The number of likely N-dealkylation sites (tertiary alicyclic amines) is 1. The van der Waals surface area contributed by atoms with Gasteiger partial charge in [-0.05, 0) is 94.5 Å². The molecule has 2 aliphatic heterocycles. The molecular formula is C33H34BrCl2FN2O5. The molecular weight excluding hydrogens is 674 g/mol. The van der Waals surface area contributed by atoms with E-state index in [0.29, 0.717) is 33.0 Å². The molecule has 3 aromatic rings. The summed E-state index contributed by atoms with van der Waals surface area (Å²) in [5.74, 6) is -1.51. The quantitative estimate of drug-likeness (QED) is 0.283. The molecule has 44 heavy (non-hydrogen) atoms. The summed E-state index contributed by atoms with van der Waals surface area (Å²) in [6, 6.07) is 13.0. The number of amides is 2. The van der Waals surface area contributed by atoms with Crippen LogP contribution in [0.15, 0.2) is 59.1 Å². The lowest BCUT2D eigenvalue weighted by atomic mass is 9.80. The maximum Gasteiger partial charge on any atom is 0.410 e. The lowest BCUT2D eigenvalue weighted by Gasteiger charge is -2.44. The number of carbonyl (C=O) groups excluding carboxylic acids is 2. The summed E-state index contributed by atoms with van der Waals surface area (Å²) in [5, 5.41) is 25.2. The van der Waals surface area contributed by atoms with Crippen LogP contribution in [-0.4, -0.2) is 50.2 Å². The fourth-order valence-corrected chi connectivity index (χ4v) is 7.02. The van der Waals surface area contributed by atoms with Gasteiger partial charge >= 0.3 is 6.09 Å². The minimum atomic E-state index is -2.20. The molecule has 11 heteroatoms. The van der Waals surface area contributed by atoms with Gasteiger partial charge in [0.05, 0.1) is 23.7 Å². The van der Waals surface area contributed by atoms with Crippen LogP contribution in [0.4, 0.5) is 9.18 Å². The third-order valence-corrected chi connectivity index (χ3v) is 9.48. The number of aliphatic hydroxyl groups is 2. The monoisotopic (exact) mass is 706 g/mol. The highest BCUT2D eigenvalue weighted by Crippen LogP contribution is 2.47. The third-order valence-electron chi connectivity index (χ3n) is 8.26.